The number of thioether (sulfide) groups is 1. The maximum absolute atomic E-state index is 13.0. The summed E-state index contributed by atoms with van der Waals surface area (Å²) in [4.78, 5) is 14.6. The Kier molecular flexibility index (Phi) is 4.24. The van der Waals surface area contributed by atoms with Crippen LogP contribution in [0.5, 0.6) is 0 Å². The molecule has 2 heterocycles. The Morgan fingerprint density at radius 3 is 2.95 bits per heavy atom. The number of fused-ring (bicyclic) bond motifs is 1. The fraction of sp³-hybridized carbons (Fsp3) is 0.714. The van der Waals surface area contributed by atoms with Gasteiger partial charge in [0, 0.05) is 43.1 Å². The smallest absolute Gasteiger partial charge is 0.231 e. The average Bonchev–Trinajstić information content (AvgIpc) is 2.85. The Morgan fingerprint density at radius 1 is 1.45 bits per heavy atom. The fourth-order valence-corrected chi connectivity index (χ4v) is 6.13. The molecule has 3 rings (SSSR count). The lowest BCUT2D eigenvalue weighted by atomic mass is 9.86. The number of nitrogens with zero attached hydrogens (tertiary/aromatic N) is 3. The first kappa shape index (κ1) is 15.9. The molecule has 1 amide bonds. The zero-order valence-electron chi connectivity index (χ0n) is 12.9. The molecule has 122 valence electrons. The van der Waals surface area contributed by atoms with Crippen molar-refractivity contribution >= 4 is 27.5 Å². The van der Waals surface area contributed by atoms with Crippen molar-refractivity contribution in [3.05, 3.63) is 17.5 Å². The molecule has 22 heavy (non-hydrogen) atoms. The lowest BCUT2D eigenvalue weighted by Crippen LogP contribution is -2.51. The van der Waals surface area contributed by atoms with Gasteiger partial charge in [-0.3, -0.25) is 9.48 Å². The van der Waals surface area contributed by atoms with Gasteiger partial charge in [-0.2, -0.15) is 16.9 Å². The molecule has 2 atom stereocenters. The minimum absolute atomic E-state index is 0.0512. The van der Waals surface area contributed by atoms with E-state index in [1.165, 1.54) is 6.26 Å². The third-order valence-electron chi connectivity index (χ3n) is 4.38. The molecule has 0 bridgehead atoms. The van der Waals surface area contributed by atoms with Crippen molar-refractivity contribution < 1.29 is 13.2 Å². The van der Waals surface area contributed by atoms with Gasteiger partial charge < -0.3 is 4.90 Å². The summed E-state index contributed by atoms with van der Waals surface area (Å²) in [5.74, 6) is 0.969. The van der Waals surface area contributed by atoms with Crippen molar-refractivity contribution in [1.82, 2.24) is 14.7 Å². The van der Waals surface area contributed by atoms with Crippen LogP contribution in [0.4, 0.5) is 0 Å². The number of hydrogen-bond acceptors (Lipinski definition) is 5. The molecule has 2 unspecified atom stereocenters. The van der Waals surface area contributed by atoms with Crippen molar-refractivity contribution in [3.63, 3.8) is 0 Å². The summed E-state index contributed by atoms with van der Waals surface area (Å²) < 4.78 is 25.8. The van der Waals surface area contributed by atoms with Crippen molar-refractivity contribution in [2.45, 2.75) is 30.6 Å². The van der Waals surface area contributed by atoms with E-state index in [-0.39, 0.29) is 11.8 Å². The van der Waals surface area contributed by atoms with E-state index in [0.29, 0.717) is 12.3 Å². The maximum Gasteiger partial charge on any atom is 0.231 e. The molecule has 1 saturated heterocycles. The van der Waals surface area contributed by atoms with Gasteiger partial charge in [-0.05, 0) is 19.3 Å². The number of sulfone groups is 1. The zero-order chi connectivity index (χ0) is 15.9. The fourth-order valence-electron chi connectivity index (χ4n) is 3.31. The van der Waals surface area contributed by atoms with Crippen molar-refractivity contribution in [1.29, 1.82) is 0 Å². The molecule has 0 saturated carbocycles. The van der Waals surface area contributed by atoms with Crippen LogP contribution in [0.1, 0.15) is 30.0 Å². The minimum atomic E-state index is -3.27. The molecule has 2 aliphatic rings. The first-order chi connectivity index (χ1) is 10.4. The lowest BCUT2D eigenvalue weighted by molar-refractivity contribution is -0.133. The van der Waals surface area contributed by atoms with Crippen LogP contribution in [0.2, 0.25) is 0 Å². The van der Waals surface area contributed by atoms with E-state index < -0.39 is 15.2 Å². The van der Waals surface area contributed by atoms with Gasteiger partial charge in [-0.1, -0.05) is 0 Å². The second-order valence-electron chi connectivity index (χ2n) is 6.04. The van der Waals surface area contributed by atoms with Gasteiger partial charge in [0.05, 0.1) is 11.6 Å². The molecule has 1 aliphatic heterocycles. The van der Waals surface area contributed by atoms with Gasteiger partial charge in [-0.15, -0.1) is 0 Å². The number of rotatable bonds is 2. The van der Waals surface area contributed by atoms with Crippen LogP contribution >= 0.6 is 11.8 Å². The Balaban J connectivity index is 1.90. The second kappa shape index (κ2) is 5.88. The van der Waals surface area contributed by atoms with Crippen LogP contribution in [-0.2, 0) is 28.1 Å². The molecule has 0 N–H and O–H groups in total. The number of aromatic nitrogens is 2. The molecule has 0 radical (unpaired) electrons. The van der Waals surface area contributed by atoms with Gasteiger partial charge >= 0.3 is 0 Å². The predicted octanol–water partition coefficient (Wildman–Crippen LogP) is 0.786. The normalized spacial score (nSPS) is 25.8. The highest BCUT2D eigenvalue weighted by molar-refractivity contribution is 8.00. The van der Waals surface area contributed by atoms with Crippen LogP contribution in [0.15, 0.2) is 6.20 Å². The van der Waals surface area contributed by atoms with Gasteiger partial charge in [0.2, 0.25) is 5.91 Å². The van der Waals surface area contributed by atoms with E-state index in [1.54, 1.807) is 21.3 Å². The summed E-state index contributed by atoms with van der Waals surface area (Å²) >= 11 is 1.60. The summed E-state index contributed by atoms with van der Waals surface area (Å²) in [6, 6.07) is 0. The summed E-state index contributed by atoms with van der Waals surface area (Å²) in [5.41, 5.74) is 1.96. The Labute approximate surface area is 135 Å². The SMILES string of the molecule is Cn1cc2c(n1)CCCC2C(=O)N1CCSCC1S(C)(=O)=O. The molecule has 6 nitrogen and oxygen atoms in total. The summed E-state index contributed by atoms with van der Waals surface area (Å²) in [6.45, 7) is 0.507. The van der Waals surface area contributed by atoms with Crippen LogP contribution in [-0.4, -0.2) is 58.7 Å². The van der Waals surface area contributed by atoms with Gasteiger partial charge in [0.25, 0.3) is 0 Å². The Morgan fingerprint density at radius 2 is 2.23 bits per heavy atom. The number of aryl methyl sites for hydroxylation is 2. The molecule has 1 aromatic heterocycles. The van der Waals surface area contributed by atoms with E-state index in [4.69, 9.17) is 0 Å². The minimum Gasteiger partial charge on any atom is -0.323 e. The molecular formula is C14H21N3O3S2. The number of amides is 1. The quantitative estimate of drug-likeness (QED) is 0.794. The average molecular weight is 343 g/mol. The van der Waals surface area contributed by atoms with E-state index >= 15 is 0 Å². The van der Waals surface area contributed by atoms with Crippen LogP contribution in [0, 0.1) is 0 Å². The highest BCUT2D eigenvalue weighted by Gasteiger charge is 2.39. The molecular weight excluding hydrogens is 322 g/mol. The van der Waals surface area contributed by atoms with Gasteiger partial charge in [0.1, 0.15) is 5.37 Å². The predicted molar refractivity (Wildman–Crippen MR) is 86.6 cm³/mol. The van der Waals surface area contributed by atoms with Crippen LogP contribution in [0.25, 0.3) is 0 Å². The van der Waals surface area contributed by atoms with Crippen molar-refractivity contribution in [2.75, 3.05) is 24.3 Å². The molecule has 1 aromatic rings. The monoisotopic (exact) mass is 343 g/mol. The topological polar surface area (TPSA) is 72.3 Å². The third-order valence-corrected chi connectivity index (χ3v) is 7.02. The van der Waals surface area contributed by atoms with Crippen molar-refractivity contribution in [3.8, 4) is 0 Å². The summed E-state index contributed by atoms with van der Waals surface area (Å²) in [5, 5.41) is 3.73. The second-order valence-corrected chi connectivity index (χ2v) is 9.39. The molecule has 1 fully saturated rings. The van der Waals surface area contributed by atoms with Gasteiger partial charge in [-0.25, -0.2) is 8.42 Å². The summed E-state index contributed by atoms with van der Waals surface area (Å²) in [7, 11) is -1.41. The van der Waals surface area contributed by atoms with Crippen LogP contribution in [0.3, 0.4) is 0 Å². The van der Waals surface area contributed by atoms with E-state index in [9.17, 15) is 13.2 Å². The summed E-state index contributed by atoms with van der Waals surface area (Å²) in [6.07, 6.45) is 5.72. The first-order valence-electron chi connectivity index (χ1n) is 7.47. The van der Waals surface area contributed by atoms with Gasteiger partial charge in [0.15, 0.2) is 9.84 Å². The van der Waals surface area contributed by atoms with Crippen LogP contribution < -0.4 is 0 Å². The first-order valence-corrected chi connectivity index (χ1v) is 10.6. The third kappa shape index (κ3) is 2.90. The molecule has 1 aliphatic carbocycles. The standard InChI is InChI=1S/C14H21N3O3S2/c1-16-8-11-10(4-3-5-12(11)15-16)14(18)17-6-7-21-9-13(17)22(2,19)20/h8,10,13H,3-7,9H2,1-2H3. The number of hydrogen-bond donors (Lipinski definition) is 0. The number of carbonyl (C=O) groups excluding carboxylic acids is 1. The largest absolute Gasteiger partial charge is 0.323 e. The molecule has 0 spiro atoms. The highest BCUT2D eigenvalue weighted by Crippen LogP contribution is 2.34. The lowest BCUT2D eigenvalue weighted by Gasteiger charge is -2.37. The highest BCUT2D eigenvalue weighted by atomic mass is 32.2. The van der Waals surface area contributed by atoms with E-state index in [0.717, 1.165) is 36.3 Å². The van der Waals surface area contributed by atoms with E-state index in [1.807, 2.05) is 13.2 Å². The van der Waals surface area contributed by atoms with Crippen molar-refractivity contribution in [2.24, 2.45) is 7.05 Å². The van der Waals surface area contributed by atoms with E-state index in [2.05, 4.69) is 5.10 Å². The molecule has 0 aromatic carbocycles. The molecule has 8 heteroatoms. The maximum atomic E-state index is 13.0. The Hall–Kier alpha value is -1.02. The Bertz CT molecular complexity index is 684. The number of carbonyl (C=O) groups is 1. The zero-order valence-corrected chi connectivity index (χ0v) is 14.5.